The van der Waals surface area contributed by atoms with Gasteiger partial charge in [0.2, 0.25) is 5.91 Å². The van der Waals surface area contributed by atoms with E-state index in [1.165, 1.54) is 30.6 Å². The lowest BCUT2D eigenvalue weighted by atomic mass is 10.1. The summed E-state index contributed by atoms with van der Waals surface area (Å²) in [7, 11) is 0. The fourth-order valence-corrected chi connectivity index (χ4v) is 2.89. The fourth-order valence-electron chi connectivity index (χ4n) is 2.89. The van der Waals surface area contributed by atoms with Crippen molar-refractivity contribution in [3.8, 4) is 0 Å². The van der Waals surface area contributed by atoms with Crippen LogP contribution in [0.2, 0.25) is 0 Å². The lowest BCUT2D eigenvalue weighted by Crippen LogP contribution is -2.50. The van der Waals surface area contributed by atoms with Gasteiger partial charge >= 0.3 is 6.18 Å². The smallest absolute Gasteiger partial charge is 0.336 e. The van der Waals surface area contributed by atoms with Gasteiger partial charge in [-0.25, -0.2) is 0 Å². The molecule has 1 fully saturated rings. The number of halogens is 3. The molecule has 2 aromatic rings. The minimum absolute atomic E-state index is 0.0417. The highest BCUT2D eigenvalue weighted by atomic mass is 19.4. The number of benzene rings is 1. The Kier molecular flexibility index (Phi) is 5.45. The lowest BCUT2D eigenvalue weighted by Gasteiger charge is -2.34. The Labute approximate surface area is 153 Å². The molecule has 0 saturated carbocycles. The molecule has 2 amide bonds. The topological polar surface area (TPSA) is 81.3 Å². The van der Waals surface area contributed by atoms with Gasteiger partial charge in [0, 0.05) is 32.4 Å². The predicted molar refractivity (Wildman–Crippen MR) is 91.0 cm³/mol. The SMILES string of the molecule is O=C(CN1CCN(C(=O)c2cn[nH]c2)CC1)Nc1ccccc1C(F)(F)F. The zero-order valence-corrected chi connectivity index (χ0v) is 14.3. The average molecular weight is 381 g/mol. The number of aromatic amines is 1. The molecular weight excluding hydrogens is 363 g/mol. The maximum atomic E-state index is 13.0. The molecular formula is C17H18F3N5O2. The van der Waals surface area contributed by atoms with Gasteiger partial charge in [0.15, 0.2) is 0 Å². The molecule has 2 N–H and O–H groups in total. The summed E-state index contributed by atoms with van der Waals surface area (Å²) in [5, 5.41) is 8.65. The van der Waals surface area contributed by atoms with E-state index in [1.54, 1.807) is 9.80 Å². The van der Waals surface area contributed by atoms with Crippen LogP contribution < -0.4 is 5.32 Å². The Bertz CT molecular complexity index is 799. The molecule has 1 saturated heterocycles. The van der Waals surface area contributed by atoms with Crippen molar-refractivity contribution >= 4 is 17.5 Å². The summed E-state index contributed by atoms with van der Waals surface area (Å²) in [5.41, 5.74) is -0.678. The van der Waals surface area contributed by atoms with Crippen LogP contribution in [-0.2, 0) is 11.0 Å². The minimum Gasteiger partial charge on any atom is -0.336 e. The predicted octanol–water partition coefficient (Wildman–Crippen LogP) is 1.83. The quantitative estimate of drug-likeness (QED) is 0.847. The second kappa shape index (κ2) is 7.78. The molecule has 0 spiro atoms. The molecule has 7 nitrogen and oxygen atoms in total. The zero-order valence-electron chi connectivity index (χ0n) is 14.3. The van der Waals surface area contributed by atoms with E-state index in [0.29, 0.717) is 31.7 Å². The largest absolute Gasteiger partial charge is 0.418 e. The number of para-hydroxylation sites is 1. The second-order valence-electron chi connectivity index (χ2n) is 6.15. The van der Waals surface area contributed by atoms with Crippen molar-refractivity contribution in [3.63, 3.8) is 0 Å². The van der Waals surface area contributed by atoms with E-state index in [1.807, 2.05) is 0 Å². The number of piperazine rings is 1. The lowest BCUT2D eigenvalue weighted by molar-refractivity contribution is -0.137. The normalized spacial score (nSPS) is 15.6. The Morgan fingerprint density at radius 1 is 1.15 bits per heavy atom. The molecule has 10 heteroatoms. The van der Waals surface area contributed by atoms with E-state index < -0.39 is 17.6 Å². The molecule has 1 aliphatic rings. The highest BCUT2D eigenvalue weighted by Gasteiger charge is 2.33. The van der Waals surface area contributed by atoms with Crippen molar-refractivity contribution in [1.82, 2.24) is 20.0 Å². The van der Waals surface area contributed by atoms with E-state index >= 15 is 0 Å². The van der Waals surface area contributed by atoms with Crippen LogP contribution in [0.5, 0.6) is 0 Å². The molecule has 0 bridgehead atoms. The van der Waals surface area contributed by atoms with Crippen LogP contribution in [0.1, 0.15) is 15.9 Å². The Morgan fingerprint density at radius 3 is 2.48 bits per heavy atom. The van der Waals surface area contributed by atoms with Gasteiger partial charge in [-0.2, -0.15) is 18.3 Å². The van der Waals surface area contributed by atoms with Crippen LogP contribution in [-0.4, -0.2) is 64.5 Å². The van der Waals surface area contributed by atoms with Crippen molar-refractivity contribution in [2.45, 2.75) is 6.18 Å². The molecule has 144 valence electrons. The molecule has 2 heterocycles. The van der Waals surface area contributed by atoms with Gasteiger partial charge in [-0.05, 0) is 12.1 Å². The molecule has 1 aromatic carbocycles. The Morgan fingerprint density at radius 2 is 1.85 bits per heavy atom. The maximum absolute atomic E-state index is 13.0. The van der Waals surface area contributed by atoms with Crippen molar-refractivity contribution in [3.05, 3.63) is 47.8 Å². The van der Waals surface area contributed by atoms with Crippen LogP contribution in [0.25, 0.3) is 0 Å². The first kappa shape index (κ1) is 18.9. The number of anilines is 1. The standard InChI is InChI=1S/C17H18F3N5O2/c18-17(19,20)13-3-1-2-4-14(13)23-15(26)11-24-5-7-25(8-6-24)16(27)12-9-21-22-10-12/h1-4,9-10H,5-8,11H2,(H,21,22)(H,23,26). The van der Waals surface area contributed by atoms with Gasteiger partial charge in [0.1, 0.15) is 0 Å². The van der Waals surface area contributed by atoms with E-state index in [0.717, 1.165) is 6.07 Å². The van der Waals surface area contributed by atoms with Gasteiger partial charge in [-0.15, -0.1) is 0 Å². The van der Waals surface area contributed by atoms with Crippen molar-refractivity contribution in [2.24, 2.45) is 0 Å². The van der Waals surface area contributed by atoms with Crippen LogP contribution in [0, 0.1) is 0 Å². The summed E-state index contributed by atoms with van der Waals surface area (Å²) in [6.45, 7) is 1.72. The number of rotatable bonds is 4. The Hall–Kier alpha value is -2.88. The molecule has 0 aliphatic carbocycles. The number of carbonyl (C=O) groups excluding carboxylic acids is 2. The molecule has 3 rings (SSSR count). The van der Waals surface area contributed by atoms with Crippen LogP contribution in [0.3, 0.4) is 0 Å². The molecule has 1 aromatic heterocycles. The number of carbonyl (C=O) groups is 2. The van der Waals surface area contributed by atoms with E-state index in [-0.39, 0.29) is 18.1 Å². The van der Waals surface area contributed by atoms with Crippen LogP contribution >= 0.6 is 0 Å². The number of H-pyrrole nitrogens is 1. The van der Waals surface area contributed by atoms with Gasteiger partial charge in [0.05, 0.1) is 29.6 Å². The molecule has 0 atom stereocenters. The zero-order chi connectivity index (χ0) is 19.4. The summed E-state index contributed by atoms with van der Waals surface area (Å²) in [4.78, 5) is 27.8. The number of alkyl halides is 3. The third-order valence-corrected chi connectivity index (χ3v) is 4.28. The fraction of sp³-hybridized carbons (Fsp3) is 0.353. The van der Waals surface area contributed by atoms with Crippen LogP contribution in [0.15, 0.2) is 36.7 Å². The van der Waals surface area contributed by atoms with Gasteiger partial charge < -0.3 is 10.2 Å². The van der Waals surface area contributed by atoms with Gasteiger partial charge in [0.25, 0.3) is 5.91 Å². The Balaban J connectivity index is 1.53. The minimum atomic E-state index is -4.54. The van der Waals surface area contributed by atoms with Crippen molar-refractivity contribution < 1.29 is 22.8 Å². The summed E-state index contributed by atoms with van der Waals surface area (Å²) >= 11 is 0. The highest BCUT2D eigenvalue weighted by molar-refractivity contribution is 5.94. The van der Waals surface area contributed by atoms with E-state index in [2.05, 4.69) is 15.5 Å². The average Bonchev–Trinajstić information content (AvgIpc) is 3.16. The number of nitrogens with one attached hydrogen (secondary N) is 2. The highest BCUT2D eigenvalue weighted by Crippen LogP contribution is 2.34. The van der Waals surface area contributed by atoms with Crippen molar-refractivity contribution in [2.75, 3.05) is 38.0 Å². The maximum Gasteiger partial charge on any atom is 0.418 e. The number of hydrogen-bond donors (Lipinski definition) is 2. The summed E-state index contributed by atoms with van der Waals surface area (Å²) < 4.78 is 39.0. The summed E-state index contributed by atoms with van der Waals surface area (Å²) in [6.07, 6.45) is -1.58. The summed E-state index contributed by atoms with van der Waals surface area (Å²) in [6, 6.07) is 4.86. The first-order valence-corrected chi connectivity index (χ1v) is 8.31. The second-order valence-corrected chi connectivity index (χ2v) is 6.15. The first-order valence-electron chi connectivity index (χ1n) is 8.31. The third kappa shape index (κ3) is 4.64. The van der Waals surface area contributed by atoms with Crippen molar-refractivity contribution in [1.29, 1.82) is 0 Å². The molecule has 0 radical (unpaired) electrons. The number of nitrogens with zero attached hydrogens (tertiary/aromatic N) is 3. The molecule has 0 unspecified atom stereocenters. The van der Waals surface area contributed by atoms with Gasteiger partial charge in [-0.3, -0.25) is 19.6 Å². The number of hydrogen-bond acceptors (Lipinski definition) is 4. The monoisotopic (exact) mass is 381 g/mol. The van der Waals surface area contributed by atoms with E-state index in [4.69, 9.17) is 0 Å². The first-order chi connectivity index (χ1) is 12.8. The van der Waals surface area contributed by atoms with Crippen LogP contribution in [0.4, 0.5) is 18.9 Å². The third-order valence-electron chi connectivity index (χ3n) is 4.28. The van der Waals surface area contributed by atoms with E-state index in [9.17, 15) is 22.8 Å². The summed E-state index contributed by atoms with van der Waals surface area (Å²) in [5.74, 6) is -0.673. The van der Waals surface area contributed by atoms with Gasteiger partial charge in [-0.1, -0.05) is 12.1 Å². The number of amides is 2. The molecule has 1 aliphatic heterocycles. The number of aromatic nitrogens is 2. The molecule has 27 heavy (non-hydrogen) atoms.